The first-order valence-corrected chi connectivity index (χ1v) is 4.79. The van der Waals surface area contributed by atoms with Crippen LogP contribution in [0.4, 0.5) is 11.4 Å². The number of hydrogen-bond donors (Lipinski definition) is 1. The molecule has 0 heterocycles. The van der Waals surface area contributed by atoms with Crippen molar-refractivity contribution < 1.29 is 4.92 Å². The molecule has 0 bridgehead atoms. The van der Waals surface area contributed by atoms with Gasteiger partial charge in [0, 0.05) is 31.2 Å². The second-order valence-corrected chi connectivity index (χ2v) is 3.54. The van der Waals surface area contributed by atoms with Gasteiger partial charge in [0.05, 0.1) is 4.92 Å². The minimum Gasteiger partial charge on any atom is -0.368 e. The maximum Gasteiger partial charge on any atom is 0.292 e. The van der Waals surface area contributed by atoms with Gasteiger partial charge in [-0.1, -0.05) is 11.6 Å². The molecule has 1 rings (SSSR count). The molecule has 0 saturated heterocycles. The summed E-state index contributed by atoms with van der Waals surface area (Å²) in [7, 11) is 1.74. The van der Waals surface area contributed by atoms with Crippen LogP contribution >= 0.6 is 11.6 Å². The maximum atomic E-state index is 10.7. The average Bonchev–Trinajstić information content (AvgIpc) is 2.17. The van der Waals surface area contributed by atoms with Crippen LogP contribution in [0.15, 0.2) is 18.2 Å². The summed E-state index contributed by atoms with van der Waals surface area (Å²) in [5.41, 5.74) is 5.91. The Labute approximate surface area is 92.6 Å². The van der Waals surface area contributed by atoms with Crippen molar-refractivity contribution in [1.82, 2.24) is 0 Å². The fraction of sp³-hybridized carbons (Fsp3) is 0.333. The molecule has 5 nitrogen and oxygen atoms in total. The zero-order valence-corrected chi connectivity index (χ0v) is 9.07. The van der Waals surface area contributed by atoms with E-state index in [4.69, 9.17) is 17.3 Å². The molecule has 6 heteroatoms. The number of nitrogens with two attached hydrogens (primary N) is 1. The van der Waals surface area contributed by atoms with E-state index >= 15 is 0 Å². The first kappa shape index (κ1) is 11.7. The number of likely N-dealkylation sites (N-methyl/N-ethyl adjacent to an activating group) is 1. The lowest BCUT2D eigenvalue weighted by Crippen LogP contribution is -2.25. The van der Waals surface area contributed by atoms with Crippen molar-refractivity contribution in [2.24, 2.45) is 5.73 Å². The van der Waals surface area contributed by atoms with Gasteiger partial charge in [0.15, 0.2) is 0 Å². The molecule has 2 N–H and O–H groups in total. The highest BCUT2D eigenvalue weighted by atomic mass is 35.5. The Morgan fingerprint density at radius 3 is 2.80 bits per heavy atom. The zero-order chi connectivity index (χ0) is 11.4. The Morgan fingerprint density at radius 1 is 1.60 bits per heavy atom. The molecule has 0 spiro atoms. The molecular formula is C9H12ClN3O2. The Hall–Kier alpha value is -1.33. The Morgan fingerprint density at radius 2 is 2.27 bits per heavy atom. The predicted octanol–water partition coefficient (Wildman–Crippen LogP) is 1.64. The third-order valence-corrected chi connectivity index (χ3v) is 2.25. The minimum absolute atomic E-state index is 0.0374. The van der Waals surface area contributed by atoms with Crippen molar-refractivity contribution in [1.29, 1.82) is 0 Å². The quantitative estimate of drug-likeness (QED) is 0.629. The van der Waals surface area contributed by atoms with Gasteiger partial charge >= 0.3 is 0 Å². The van der Waals surface area contributed by atoms with Crippen LogP contribution in [0.25, 0.3) is 0 Å². The molecule has 0 amide bonds. The normalized spacial score (nSPS) is 10.1. The highest BCUT2D eigenvalue weighted by Crippen LogP contribution is 2.29. The lowest BCUT2D eigenvalue weighted by molar-refractivity contribution is -0.384. The van der Waals surface area contributed by atoms with E-state index in [0.717, 1.165) is 0 Å². The van der Waals surface area contributed by atoms with E-state index in [1.165, 1.54) is 12.1 Å². The van der Waals surface area contributed by atoms with Crippen LogP contribution in [0, 0.1) is 10.1 Å². The number of hydrogen-bond acceptors (Lipinski definition) is 4. The van der Waals surface area contributed by atoms with Gasteiger partial charge < -0.3 is 10.6 Å². The lowest BCUT2D eigenvalue weighted by Gasteiger charge is -2.18. The van der Waals surface area contributed by atoms with E-state index in [2.05, 4.69) is 0 Å². The SMILES string of the molecule is CN(CCN)c1cc(Cl)ccc1[N+](=O)[O-]. The van der Waals surface area contributed by atoms with Crippen molar-refractivity contribution in [3.8, 4) is 0 Å². The third kappa shape index (κ3) is 2.81. The van der Waals surface area contributed by atoms with Crippen molar-refractivity contribution in [3.63, 3.8) is 0 Å². The van der Waals surface area contributed by atoms with E-state index in [1.54, 1.807) is 18.0 Å². The minimum atomic E-state index is -0.432. The smallest absolute Gasteiger partial charge is 0.292 e. The van der Waals surface area contributed by atoms with Crippen LogP contribution in [-0.2, 0) is 0 Å². The van der Waals surface area contributed by atoms with Crippen LogP contribution in [0.2, 0.25) is 5.02 Å². The van der Waals surface area contributed by atoms with Gasteiger partial charge in [-0.25, -0.2) is 0 Å². The van der Waals surface area contributed by atoms with E-state index in [0.29, 0.717) is 23.8 Å². The van der Waals surface area contributed by atoms with Gasteiger partial charge in [-0.05, 0) is 12.1 Å². The van der Waals surface area contributed by atoms with Gasteiger partial charge in [-0.15, -0.1) is 0 Å². The molecule has 1 aromatic carbocycles. The van der Waals surface area contributed by atoms with Crippen molar-refractivity contribution >= 4 is 23.0 Å². The summed E-state index contributed by atoms with van der Waals surface area (Å²) < 4.78 is 0. The number of nitro groups is 1. The fourth-order valence-corrected chi connectivity index (χ4v) is 1.44. The van der Waals surface area contributed by atoms with E-state index in [-0.39, 0.29) is 5.69 Å². The third-order valence-electron chi connectivity index (χ3n) is 2.01. The fourth-order valence-electron chi connectivity index (χ4n) is 1.27. The highest BCUT2D eigenvalue weighted by Gasteiger charge is 2.16. The summed E-state index contributed by atoms with van der Waals surface area (Å²) in [5, 5.41) is 11.2. The number of rotatable bonds is 4. The first-order chi connectivity index (χ1) is 7.06. The molecule has 1 aromatic rings. The summed E-state index contributed by atoms with van der Waals surface area (Å²) in [6.45, 7) is 0.974. The summed E-state index contributed by atoms with van der Waals surface area (Å²) in [5.74, 6) is 0. The van der Waals surface area contributed by atoms with Crippen LogP contribution < -0.4 is 10.6 Å². The Balaban J connectivity index is 3.12. The maximum absolute atomic E-state index is 10.7. The van der Waals surface area contributed by atoms with Crippen molar-refractivity contribution in [3.05, 3.63) is 33.3 Å². The molecule has 0 radical (unpaired) electrons. The molecule has 0 aromatic heterocycles. The summed E-state index contributed by atoms with van der Waals surface area (Å²) >= 11 is 5.79. The molecule has 82 valence electrons. The van der Waals surface area contributed by atoms with Gasteiger partial charge in [-0.2, -0.15) is 0 Å². The molecule has 0 aliphatic rings. The number of benzene rings is 1. The van der Waals surface area contributed by atoms with Gasteiger partial charge in [-0.3, -0.25) is 10.1 Å². The predicted molar refractivity (Wildman–Crippen MR) is 60.4 cm³/mol. The van der Waals surface area contributed by atoms with Crippen LogP contribution in [0.3, 0.4) is 0 Å². The standard InChI is InChI=1S/C9H12ClN3O2/c1-12(5-4-11)9-6-7(10)2-3-8(9)13(14)15/h2-3,6H,4-5,11H2,1H3. The Kier molecular flexibility index (Phi) is 3.88. The molecule has 15 heavy (non-hydrogen) atoms. The summed E-state index contributed by atoms with van der Waals surface area (Å²) in [6, 6.07) is 4.46. The largest absolute Gasteiger partial charge is 0.368 e. The number of nitro benzene ring substituents is 1. The number of halogens is 1. The molecule has 0 saturated carbocycles. The van der Waals surface area contributed by atoms with E-state index in [1.807, 2.05) is 0 Å². The van der Waals surface area contributed by atoms with Crippen LogP contribution in [-0.4, -0.2) is 25.1 Å². The van der Waals surface area contributed by atoms with Crippen molar-refractivity contribution in [2.75, 3.05) is 25.0 Å². The van der Waals surface area contributed by atoms with Gasteiger partial charge in [0.2, 0.25) is 0 Å². The molecule has 0 unspecified atom stereocenters. The molecule has 0 aliphatic carbocycles. The van der Waals surface area contributed by atoms with Crippen LogP contribution in [0.5, 0.6) is 0 Å². The molecule has 0 fully saturated rings. The first-order valence-electron chi connectivity index (χ1n) is 4.41. The van der Waals surface area contributed by atoms with Crippen LogP contribution in [0.1, 0.15) is 0 Å². The molecule has 0 atom stereocenters. The lowest BCUT2D eigenvalue weighted by atomic mass is 10.2. The second-order valence-electron chi connectivity index (χ2n) is 3.10. The van der Waals surface area contributed by atoms with E-state index < -0.39 is 4.92 Å². The number of nitrogens with zero attached hydrogens (tertiary/aromatic N) is 2. The highest BCUT2D eigenvalue weighted by molar-refractivity contribution is 6.31. The summed E-state index contributed by atoms with van der Waals surface area (Å²) in [6.07, 6.45) is 0. The Bertz CT molecular complexity index is 370. The van der Waals surface area contributed by atoms with Gasteiger partial charge in [0.25, 0.3) is 5.69 Å². The second kappa shape index (κ2) is 4.95. The molecular weight excluding hydrogens is 218 g/mol. The topological polar surface area (TPSA) is 72.4 Å². The monoisotopic (exact) mass is 229 g/mol. The van der Waals surface area contributed by atoms with Crippen molar-refractivity contribution in [2.45, 2.75) is 0 Å². The molecule has 0 aliphatic heterocycles. The average molecular weight is 230 g/mol. The summed E-state index contributed by atoms with van der Waals surface area (Å²) in [4.78, 5) is 12.0. The van der Waals surface area contributed by atoms with E-state index in [9.17, 15) is 10.1 Å². The number of anilines is 1. The zero-order valence-electron chi connectivity index (χ0n) is 8.31. The van der Waals surface area contributed by atoms with Gasteiger partial charge in [0.1, 0.15) is 5.69 Å².